The number of ether oxygens (including phenoxy) is 1. The monoisotopic (exact) mass is 454 g/mol. The Bertz CT molecular complexity index is 1020. The Morgan fingerprint density at radius 2 is 1.73 bits per heavy atom. The maximum Gasteiger partial charge on any atom is 0.263 e. The van der Waals surface area contributed by atoms with Crippen molar-refractivity contribution in [3.8, 4) is 5.75 Å². The van der Waals surface area contributed by atoms with Crippen molar-refractivity contribution in [2.75, 3.05) is 76.0 Å². The van der Waals surface area contributed by atoms with Crippen LogP contribution < -0.4 is 25.8 Å². The number of piperidine rings is 1. The fourth-order valence-electron chi connectivity index (χ4n) is 4.45. The summed E-state index contributed by atoms with van der Waals surface area (Å²) in [5, 5.41) is 6.35. The minimum Gasteiger partial charge on any atom is -0.495 e. The number of rotatable bonds is 6. The zero-order valence-electron chi connectivity index (χ0n) is 19.7. The maximum atomic E-state index is 13.2. The van der Waals surface area contributed by atoms with Crippen LogP contribution >= 0.6 is 0 Å². The summed E-state index contributed by atoms with van der Waals surface area (Å²) in [6, 6.07) is 7.58. The summed E-state index contributed by atoms with van der Waals surface area (Å²) < 4.78 is 5.56. The standard InChI is InChI=1S/C24H34N6O3/c1-28-10-7-17(8-11-28)26-19-6-9-25-23(31)22(19)24(32)27-18-4-5-21(33-3)20(16-18)30-14-12-29(2)13-15-30/h4-6,9,16-17H,7-8,10-15H2,1-3H3,(H,27,32)(H2,25,26,31). The first-order valence-corrected chi connectivity index (χ1v) is 11.5. The van der Waals surface area contributed by atoms with Gasteiger partial charge in [-0.15, -0.1) is 0 Å². The smallest absolute Gasteiger partial charge is 0.263 e. The third kappa shape index (κ3) is 5.48. The van der Waals surface area contributed by atoms with E-state index in [0.29, 0.717) is 11.4 Å². The molecule has 1 aromatic carbocycles. The number of anilines is 3. The van der Waals surface area contributed by atoms with Gasteiger partial charge >= 0.3 is 0 Å². The number of carbonyl (C=O) groups is 1. The molecular weight excluding hydrogens is 420 g/mol. The van der Waals surface area contributed by atoms with Crippen LogP contribution in [0.4, 0.5) is 17.1 Å². The van der Waals surface area contributed by atoms with E-state index in [1.54, 1.807) is 25.4 Å². The normalized spacial score (nSPS) is 18.2. The van der Waals surface area contributed by atoms with Gasteiger partial charge in [-0.1, -0.05) is 0 Å². The Kier molecular flexibility index (Phi) is 7.20. The summed E-state index contributed by atoms with van der Waals surface area (Å²) in [5.41, 5.74) is 1.84. The molecule has 0 aliphatic carbocycles. The third-order valence-electron chi connectivity index (χ3n) is 6.55. The van der Waals surface area contributed by atoms with Crippen LogP contribution in [0.25, 0.3) is 0 Å². The molecule has 178 valence electrons. The van der Waals surface area contributed by atoms with E-state index in [-0.39, 0.29) is 11.6 Å². The van der Waals surface area contributed by atoms with Gasteiger partial charge in [0.1, 0.15) is 11.3 Å². The van der Waals surface area contributed by atoms with Gasteiger partial charge in [-0.2, -0.15) is 0 Å². The summed E-state index contributed by atoms with van der Waals surface area (Å²) in [6.07, 6.45) is 3.52. The van der Waals surface area contributed by atoms with Gasteiger partial charge in [0.2, 0.25) is 0 Å². The second-order valence-corrected chi connectivity index (χ2v) is 8.95. The van der Waals surface area contributed by atoms with Crippen molar-refractivity contribution in [3.05, 3.63) is 46.4 Å². The van der Waals surface area contributed by atoms with Gasteiger partial charge in [-0.25, -0.2) is 0 Å². The van der Waals surface area contributed by atoms with Crippen molar-refractivity contribution in [2.45, 2.75) is 18.9 Å². The lowest BCUT2D eigenvalue weighted by atomic mass is 10.0. The molecule has 9 nitrogen and oxygen atoms in total. The Morgan fingerprint density at radius 1 is 1.03 bits per heavy atom. The summed E-state index contributed by atoms with van der Waals surface area (Å²) in [7, 11) is 5.87. The Hall–Kier alpha value is -3.04. The van der Waals surface area contributed by atoms with E-state index in [1.165, 1.54) is 0 Å². The van der Waals surface area contributed by atoms with Crippen LogP contribution in [0.15, 0.2) is 35.3 Å². The van der Waals surface area contributed by atoms with Gasteiger partial charge < -0.3 is 35.1 Å². The number of piperazine rings is 1. The summed E-state index contributed by atoms with van der Waals surface area (Å²) in [4.78, 5) is 35.3. The van der Waals surface area contributed by atoms with Crippen molar-refractivity contribution in [1.82, 2.24) is 14.8 Å². The average Bonchev–Trinajstić information content (AvgIpc) is 2.81. The fraction of sp³-hybridized carbons (Fsp3) is 0.500. The van der Waals surface area contributed by atoms with Crippen molar-refractivity contribution < 1.29 is 9.53 Å². The van der Waals surface area contributed by atoms with E-state index < -0.39 is 11.5 Å². The lowest BCUT2D eigenvalue weighted by Crippen LogP contribution is -2.44. The lowest BCUT2D eigenvalue weighted by molar-refractivity contribution is 0.102. The van der Waals surface area contributed by atoms with Crippen LogP contribution in [0.1, 0.15) is 23.2 Å². The molecule has 3 N–H and O–H groups in total. The van der Waals surface area contributed by atoms with Gasteiger partial charge in [0.25, 0.3) is 11.5 Å². The molecule has 3 heterocycles. The van der Waals surface area contributed by atoms with E-state index in [9.17, 15) is 9.59 Å². The van der Waals surface area contributed by atoms with Crippen molar-refractivity contribution in [3.63, 3.8) is 0 Å². The topological polar surface area (TPSA) is 92.9 Å². The van der Waals surface area contributed by atoms with E-state index >= 15 is 0 Å². The number of hydrogen-bond acceptors (Lipinski definition) is 7. The van der Waals surface area contributed by atoms with Crippen LogP contribution in [0.3, 0.4) is 0 Å². The number of amides is 1. The molecule has 4 rings (SSSR count). The molecule has 2 saturated heterocycles. The number of H-pyrrole nitrogens is 1. The number of methoxy groups -OCH3 is 1. The Labute approximate surface area is 194 Å². The predicted octanol–water partition coefficient (Wildman–Crippen LogP) is 1.89. The van der Waals surface area contributed by atoms with Crippen molar-refractivity contribution >= 4 is 23.0 Å². The lowest BCUT2D eigenvalue weighted by Gasteiger charge is -2.35. The number of carbonyl (C=O) groups excluding carboxylic acids is 1. The van der Waals surface area contributed by atoms with Gasteiger partial charge in [0.05, 0.1) is 18.5 Å². The molecule has 9 heteroatoms. The SMILES string of the molecule is COc1ccc(NC(=O)c2c(NC3CCN(C)CC3)cc[nH]c2=O)cc1N1CCN(C)CC1. The quantitative estimate of drug-likeness (QED) is 0.614. The van der Waals surface area contributed by atoms with Gasteiger partial charge in [0, 0.05) is 44.1 Å². The van der Waals surface area contributed by atoms with Crippen LogP contribution in [0.2, 0.25) is 0 Å². The number of nitrogens with zero attached hydrogens (tertiary/aromatic N) is 3. The minimum absolute atomic E-state index is 0.105. The molecule has 0 unspecified atom stereocenters. The summed E-state index contributed by atoms with van der Waals surface area (Å²) in [6.45, 7) is 5.67. The van der Waals surface area contributed by atoms with E-state index in [0.717, 1.165) is 63.5 Å². The molecule has 2 aliphatic rings. The van der Waals surface area contributed by atoms with Crippen LogP contribution in [0.5, 0.6) is 5.75 Å². The molecule has 33 heavy (non-hydrogen) atoms. The molecule has 1 amide bonds. The van der Waals surface area contributed by atoms with Crippen LogP contribution in [-0.4, -0.2) is 87.2 Å². The molecule has 0 spiro atoms. The first kappa shape index (κ1) is 23.1. The average molecular weight is 455 g/mol. The number of hydrogen-bond donors (Lipinski definition) is 3. The summed E-state index contributed by atoms with van der Waals surface area (Å²) >= 11 is 0. The Morgan fingerprint density at radius 3 is 2.42 bits per heavy atom. The van der Waals surface area contributed by atoms with Crippen LogP contribution in [-0.2, 0) is 0 Å². The largest absolute Gasteiger partial charge is 0.495 e. The molecule has 2 aromatic rings. The number of aromatic nitrogens is 1. The predicted molar refractivity (Wildman–Crippen MR) is 132 cm³/mol. The van der Waals surface area contributed by atoms with E-state index in [4.69, 9.17) is 4.74 Å². The molecule has 2 fully saturated rings. The molecule has 2 aliphatic heterocycles. The number of aromatic amines is 1. The maximum absolute atomic E-state index is 13.2. The highest BCUT2D eigenvalue weighted by Gasteiger charge is 2.23. The highest BCUT2D eigenvalue weighted by molar-refractivity contribution is 6.08. The zero-order chi connectivity index (χ0) is 23.4. The van der Waals surface area contributed by atoms with Gasteiger partial charge in [-0.05, 0) is 64.3 Å². The third-order valence-corrected chi connectivity index (χ3v) is 6.55. The molecule has 0 bridgehead atoms. The van der Waals surface area contributed by atoms with Crippen molar-refractivity contribution in [2.24, 2.45) is 0 Å². The highest BCUT2D eigenvalue weighted by atomic mass is 16.5. The summed E-state index contributed by atoms with van der Waals surface area (Å²) in [5.74, 6) is 0.335. The first-order chi connectivity index (χ1) is 15.9. The van der Waals surface area contributed by atoms with Crippen LogP contribution in [0, 0.1) is 0 Å². The van der Waals surface area contributed by atoms with Gasteiger partial charge in [-0.3, -0.25) is 9.59 Å². The zero-order valence-corrected chi connectivity index (χ0v) is 19.7. The fourth-order valence-corrected chi connectivity index (χ4v) is 4.45. The number of nitrogens with one attached hydrogen (secondary N) is 3. The molecule has 0 saturated carbocycles. The number of likely N-dealkylation sites (tertiary alicyclic amines) is 1. The second-order valence-electron chi connectivity index (χ2n) is 8.95. The van der Waals surface area contributed by atoms with Crippen molar-refractivity contribution in [1.29, 1.82) is 0 Å². The molecule has 0 atom stereocenters. The molecular formula is C24H34N6O3. The number of pyridine rings is 1. The molecule has 1 aromatic heterocycles. The van der Waals surface area contributed by atoms with E-state index in [1.807, 2.05) is 12.1 Å². The molecule has 0 radical (unpaired) electrons. The Balaban J connectivity index is 1.53. The highest BCUT2D eigenvalue weighted by Crippen LogP contribution is 2.32. The van der Waals surface area contributed by atoms with Gasteiger partial charge in [0.15, 0.2) is 0 Å². The minimum atomic E-state index is -0.429. The number of benzene rings is 1. The first-order valence-electron chi connectivity index (χ1n) is 11.5. The number of likely N-dealkylation sites (N-methyl/N-ethyl adjacent to an activating group) is 1. The second kappa shape index (κ2) is 10.3. The van der Waals surface area contributed by atoms with E-state index in [2.05, 4.69) is 44.4 Å².